The second-order valence-electron chi connectivity index (χ2n) is 6.29. The lowest BCUT2D eigenvalue weighted by molar-refractivity contribution is -0.464. The molecule has 0 aromatic rings. The predicted octanol–water partition coefficient (Wildman–Crippen LogP) is 8.15. The number of unbranched alkanes of at least 4 members (excludes halogenated alkanes) is 4. The van der Waals surface area contributed by atoms with Crippen molar-refractivity contribution in [1.29, 1.82) is 0 Å². The van der Waals surface area contributed by atoms with E-state index in [9.17, 15) is 52.7 Å². The van der Waals surface area contributed by atoms with Gasteiger partial charge in [-0.1, -0.05) is 31.9 Å². The van der Waals surface area contributed by atoms with Crippen molar-refractivity contribution in [2.75, 3.05) is 0 Å². The molecule has 0 radical (unpaired) electrons. The Kier molecular flexibility index (Phi) is 9.22. The van der Waals surface area contributed by atoms with Crippen molar-refractivity contribution in [3.05, 3.63) is 12.2 Å². The minimum atomic E-state index is -7.24. The Morgan fingerprint density at radius 2 is 1.00 bits per heavy atom. The van der Waals surface area contributed by atoms with Gasteiger partial charge in [-0.2, -0.15) is 52.7 Å². The van der Waals surface area contributed by atoms with Crippen molar-refractivity contribution in [2.45, 2.75) is 76.6 Å². The molecule has 0 aliphatic carbocycles. The summed E-state index contributed by atoms with van der Waals surface area (Å²) in [4.78, 5) is 0. The van der Waals surface area contributed by atoms with Gasteiger partial charge in [-0.25, -0.2) is 0 Å². The zero-order chi connectivity index (χ0) is 22.4. The van der Waals surface area contributed by atoms with Crippen LogP contribution in [-0.4, -0.2) is 24.7 Å². The molecule has 0 nitrogen and oxygen atoms in total. The molecule has 28 heavy (non-hydrogen) atoms. The highest BCUT2D eigenvalue weighted by Gasteiger charge is 2.89. The first-order chi connectivity index (χ1) is 12.4. The molecular formula is C16H20F12. The van der Waals surface area contributed by atoms with Crippen LogP contribution in [-0.2, 0) is 0 Å². The predicted molar refractivity (Wildman–Crippen MR) is 77.3 cm³/mol. The van der Waals surface area contributed by atoms with E-state index in [4.69, 9.17) is 0 Å². The monoisotopic (exact) mass is 440 g/mol. The van der Waals surface area contributed by atoms with Crippen LogP contribution in [0.5, 0.6) is 0 Å². The average Bonchev–Trinajstić information content (AvgIpc) is 2.43. The second kappa shape index (κ2) is 9.60. The van der Waals surface area contributed by atoms with E-state index in [2.05, 4.69) is 0 Å². The fraction of sp³-hybridized carbons (Fsp3) is 0.875. The molecule has 0 saturated carbocycles. The largest absolute Gasteiger partial charge is 0.412 e. The summed E-state index contributed by atoms with van der Waals surface area (Å²) in [6.45, 7) is 1.90. The minimum absolute atomic E-state index is 0.373. The summed E-state index contributed by atoms with van der Waals surface area (Å²) in [5, 5.41) is 0. The Balaban J connectivity index is 5.75. The first-order valence-electron chi connectivity index (χ1n) is 8.36. The van der Waals surface area contributed by atoms with Crippen molar-refractivity contribution in [3.8, 4) is 0 Å². The maximum Gasteiger partial charge on any atom is 0.412 e. The van der Waals surface area contributed by atoms with E-state index in [0.717, 1.165) is 19.3 Å². The molecule has 0 N–H and O–H groups in total. The van der Waals surface area contributed by atoms with E-state index < -0.39 is 48.9 Å². The van der Waals surface area contributed by atoms with Crippen LogP contribution in [0.15, 0.2) is 12.2 Å². The third-order valence-corrected chi connectivity index (χ3v) is 4.26. The lowest BCUT2D eigenvalue weighted by Gasteiger charge is -2.44. The third-order valence-electron chi connectivity index (χ3n) is 4.26. The summed E-state index contributed by atoms with van der Waals surface area (Å²) >= 11 is 0. The number of alkyl halides is 12. The van der Waals surface area contributed by atoms with Crippen LogP contribution in [0.25, 0.3) is 0 Å². The molecule has 0 fully saturated rings. The summed E-state index contributed by atoms with van der Waals surface area (Å²) in [5.74, 6) is -4.70. The first-order valence-corrected chi connectivity index (χ1v) is 8.36. The molecule has 0 saturated heterocycles. The molecule has 0 heterocycles. The Morgan fingerprint density at radius 1 is 0.607 bits per heavy atom. The summed E-state index contributed by atoms with van der Waals surface area (Å²) in [7, 11) is 0. The van der Waals surface area contributed by atoms with Gasteiger partial charge in [0.2, 0.25) is 0 Å². The Labute approximate surface area is 154 Å². The van der Waals surface area contributed by atoms with Crippen molar-refractivity contribution in [2.24, 2.45) is 11.3 Å². The summed E-state index contributed by atoms with van der Waals surface area (Å²) in [6.07, 6.45) is -25.7. The number of allylic oxidation sites excluding steroid dienone is 2. The van der Waals surface area contributed by atoms with Gasteiger partial charge in [-0.3, -0.25) is 0 Å². The lowest BCUT2D eigenvalue weighted by atomic mass is 9.70. The van der Waals surface area contributed by atoms with Crippen LogP contribution < -0.4 is 0 Å². The molecule has 168 valence electrons. The topological polar surface area (TPSA) is 0 Å². The van der Waals surface area contributed by atoms with E-state index in [1.807, 2.05) is 6.92 Å². The number of rotatable bonds is 9. The lowest BCUT2D eigenvalue weighted by Crippen LogP contribution is -2.66. The molecule has 0 aromatic heterocycles. The molecule has 0 amide bonds. The Morgan fingerprint density at radius 3 is 1.32 bits per heavy atom. The first kappa shape index (κ1) is 26.9. The van der Waals surface area contributed by atoms with Crippen LogP contribution in [0.3, 0.4) is 0 Å². The fourth-order valence-electron chi connectivity index (χ4n) is 2.89. The van der Waals surface area contributed by atoms with Gasteiger partial charge in [-0.15, -0.1) is 0 Å². The maximum atomic E-state index is 13.0. The molecule has 0 spiro atoms. The Hall–Kier alpha value is -1.10. The summed E-state index contributed by atoms with van der Waals surface area (Å²) < 4.78 is 155. The summed E-state index contributed by atoms with van der Waals surface area (Å²) in [5.41, 5.74) is -6.89. The van der Waals surface area contributed by atoms with Crippen molar-refractivity contribution < 1.29 is 52.7 Å². The SMILES string of the molecule is CCCCCC=CCCCC(C(F)(F)F)C(C(F)(F)F)(C(F)(F)F)C(F)(F)F. The van der Waals surface area contributed by atoms with Gasteiger partial charge in [0.25, 0.3) is 5.41 Å². The fourth-order valence-corrected chi connectivity index (χ4v) is 2.89. The van der Waals surface area contributed by atoms with Crippen molar-refractivity contribution >= 4 is 0 Å². The van der Waals surface area contributed by atoms with Gasteiger partial charge in [-0.05, 0) is 32.1 Å². The second-order valence-corrected chi connectivity index (χ2v) is 6.29. The highest BCUT2D eigenvalue weighted by Crippen LogP contribution is 2.66. The van der Waals surface area contributed by atoms with E-state index in [-0.39, 0.29) is 6.42 Å². The van der Waals surface area contributed by atoms with Crippen LogP contribution in [0.2, 0.25) is 0 Å². The van der Waals surface area contributed by atoms with Crippen LogP contribution in [0.1, 0.15) is 51.9 Å². The van der Waals surface area contributed by atoms with Gasteiger partial charge in [0, 0.05) is 0 Å². The van der Waals surface area contributed by atoms with E-state index in [0.29, 0.717) is 6.42 Å². The third kappa shape index (κ3) is 6.20. The average molecular weight is 440 g/mol. The molecule has 1 atom stereocenters. The van der Waals surface area contributed by atoms with Crippen molar-refractivity contribution in [1.82, 2.24) is 0 Å². The van der Waals surface area contributed by atoms with Gasteiger partial charge < -0.3 is 0 Å². The van der Waals surface area contributed by atoms with Crippen molar-refractivity contribution in [3.63, 3.8) is 0 Å². The normalized spacial score (nSPS) is 16.0. The standard InChI is InChI=1S/C16H20F12/c1-2-3-4-5-6-7-8-9-10-11(13(17,18)19)12(14(20,21)22,15(23,24)25)16(26,27)28/h6-7,11H,2-5,8-10H2,1H3. The van der Waals surface area contributed by atoms with E-state index in [1.54, 1.807) is 0 Å². The molecule has 0 aliphatic rings. The van der Waals surface area contributed by atoms with Gasteiger partial charge >= 0.3 is 24.7 Å². The Bertz CT molecular complexity index is 442. The maximum absolute atomic E-state index is 13.0. The van der Waals surface area contributed by atoms with E-state index in [1.165, 1.54) is 12.2 Å². The highest BCUT2D eigenvalue weighted by atomic mass is 19.4. The quantitative estimate of drug-likeness (QED) is 0.193. The molecule has 0 bridgehead atoms. The molecular weight excluding hydrogens is 420 g/mol. The smallest absolute Gasteiger partial charge is 0.171 e. The highest BCUT2D eigenvalue weighted by molar-refractivity contribution is 5.06. The van der Waals surface area contributed by atoms with E-state index >= 15 is 0 Å². The van der Waals surface area contributed by atoms with Gasteiger partial charge in [0.05, 0.1) is 5.92 Å². The van der Waals surface area contributed by atoms with Gasteiger partial charge in [0.1, 0.15) is 0 Å². The number of hydrogen-bond donors (Lipinski definition) is 0. The summed E-state index contributed by atoms with van der Waals surface area (Å²) in [6, 6.07) is 0. The number of halogens is 12. The van der Waals surface area contributed by atoms with Crippen LogP contribution in [0.4, 0.5) is 52.7 Å². The number of hydrogen-bond acceptors (Lipinski definition) is 0. The minimum Gasteiger partial charge on any atom is -0.171 e. The van der Waals surface area contributed by atoms with Crippen LogP contribution >= 0.6 is 0 Å². The molecule has 1 unspecified atom stereocenters. The molecule has 0 aromatic carbocycles. The zero-order valence-electron chi connectivity index (χ0n) is 14.7. The van der Waals surface area contributed by atoms with Gasteiger partial charge in [0.15, 0.2) is 0 Å². The van der Waals surface area contributed by atoms with Crippen LogP contribution in [0, 0.1) is 11.3 Å². The molecule has 0 aliphatic heterocycles. The zero-order valence-corrected chi connectivity index (χ0v) is 14.7. The molecule has 12 heteroatoms. The molecule has 0 rings (SSSR count).